The van der Waals surface area contributed by atoms with Crippen molar-refractivity contribution in [3.8, 4) is 17.2 Å². The Morgan fingerprint density at radius 2 is 1.56 bits per heavy atom. The smallest absolute Gasteiger partial charge is 0.343 e. The van der Waals surface area contributed by atoms with Crippen LogP contribution in [-0.4, -0.2) is 38.0 Å². The number of anilines is 1. The molecule has 3 aromatic carbocycles. The van der Waals surface area contributed by atoms with Crippen LogP contribution in [0.25, 0.3) is 6.08 Å². The molecule has 1 saturated heterocycles. The molecule has 0 spiro atoms. The summed E-state index contributed by atoms with van der Waals surface area (Å²) in [5.41, 5.74) is 1.71. The predicted molar refractivity (Wildman–Crippen MR) is 131 cm³/mol. The van der Waals surface area contributed by atoms with Gasteiger partial charge in [0.05, 0.1) is 25.5 Å². The second kappa shape index (κ2) is 10.1. The quantitative estimate of drug-likeness (QED) is 0.243. The molecule has 182 valence electrons. The number of hydrogen-bond donors (Lipinski definition) is 1. The van der Waals surface area contributed by atoms with Gasteiger partial charge in [-0.2, -0.15) is 0 Å². The molecule has 0 bridgehead atoms. The number of amides is 4. The number of benzene rings is 3. The highest BCUT2D eigenvalue weighted by atomic mass is 16.6. The summed E-state index contributed by atoms with van der Waals surface area (Å²) in [7, 11) is 2.81. The lowest BCUT2D eigenvalue weighted by atomic mass is 10.1. The number of barbiturate groups is 1. The number of ether oxygens (including phenoxy) is 3. The summed E-state index contributed by atoms with van der Waals surface area (Å²) in [6.07, 6.45) is 1.32. The topological polar surface area (TPSA) is 111 Å². The Hall–Kier alpha value is -4.92. The van der Waals surface area contributed by atoms with Crippen LogP contribution in [0, 0.1) is 6.92 Å². The van der Waals surface area contributed by atoms with Crippen LogP contribution in [-0.2, 0) is 9.59 Å². The molecule has 1 aliphatic rings. The molecular weight excluding hydrogens is 464 g/mol. The van der Waals surface area contributed by atoms with Gasteiger partial charge in [0.25, 0.3) is 11.8 Å². The number of para-hydroxylation sites is 2. The minimum atomic E-state index is -0.886. The summed E-state index contributed by atoms with van der Waals surface area (Å²) in [5, 5.41) is 2.17. The molecule has 0 aromatic heterocycles. The van der Waals surface area contributed by atoms with E-state index in [1.54, 1.807) is 48.5 Å². The monoisotopic (exact) mass is 486 g/mol. The molecule has 9 heteroatoms. The molecule has 36 heavy (non-hydrogen) atoms. The van der Waals surface area contributed by atoms with Gasteiger partial charge in [0.1, 0.15) is 11.3 Å². The third-order valence-corrected chi connectivity index (χ3v) is 5.42. The summed E-state index contributed by atoms with van der Waals surface area (Å²) in [6, 6.07) is 17.0. The fraction of sp³-hybridized carbons (Fsp3) is 0.111. The van der Waals surface area contributed by atoms with Crippen molar-refractivity contribution in [1.29, 1.82) is 0 Å². The molecule has 9 nitrogen and oxygen atoms in total. The lowest BCUT2D eigenvalue weighted by molar-refractivity contribution is -0.122. The first-order valence-corrected chi connectivity index (χ1v) is 10.8. The number of nitrogens with zero attached hydrogens (tertiary/aromatic N) is 1. The van der Waals surface area contributed by atoms with Crippen molar-refractivity contribution in [1.82, 2.24) is 5.32 Å². The highest BCUT2D eigenvalue weighted by Crippen LogP contribution is 2.32. The van der Waals surface area contributed by atoms with E-state index in [4.69, 9.17) is 14.2 Å². The van der Waals surface area contributed by atoms with Gasteiger partial charge < -0.3 is 14.2 Å². The van der Waals surface area contributed by atoms with Gasteiger partial charge in [-0.15, -0.1) is 0 Å². The van der Waals surface area contributed by atoms with Crippen molar-refractivity contribution in [3.05, 3.63) is 89.0 Å². The van der Waals surface area contributed by atoms with Gasteiger partial charge >= 0.3 is 12.0 Å². The highest BCUT2D eigenvalue weighted by molar-refractivity contribution is 6.39. The van der Waals surface area contributed by atoms with Crippen molar-refractivity contribution >= 4 is 35.6 Å². The van der Waals surface area contributed by atoms with Crippen molar-refractivity contribution in [2.24, 2.45) is 0 Å². The summed E-state index contributed by atoms with van der Waals surface area (Å²) in [4.78, 5) is 51.5. The maximum absolute atomic E-state index is 13.2. The first-order valence-electron chi connectivity index (χ1n) is 10.8. The molecule has 4 amide bonds. The summed E-state index contributed by atoms with van der Waals surface area (Å²) in [6.45, 7) is 1.91. The Balaban J connectivity index is 1.63. The number of esters is 1. The minimum absolute atomic E-state index is 0.162. The molecule has 1 heterocycles. The van der Waals surface area contributed by atoms with Crippen LogP contribution in [0.2, 0.25) is 0 Å². The average molecular weight is 486 g/mol. The van der Waals surface area contributed by atoms with E-state index in [-0.39, 0.29) is 28.5 Å². The summed E-state index contributed by atoms with van der Waals surface area (Å²) < 4.78 is 16.1. The standard InChI is InChI=1S/C27H22N2O7/c1-16-8-11-18(12-9-16)26(32)36-22-13-10-17(15-23(22)35-3)14-19-24(30)28-27(33)29(25(19)31)20-6-4-5-7-21(20)34-2/h4-15H,1-3H3,(H,28,30,33). The van der Waals surface area contributed by atoms with E-state index in [0.29, 0.717) is 11.1 Å². The first-order chi connectivity index (χ1) is 17.3. The molecule has 1 fully saturated rings. The zero-order chi connectivity index (χ0) is 25.8. The number of imide groups is 2. The van der Waals surface area contributed by atoms with Crippen LogP contribution in [0.4, 0.5) is 10.5 Å². The van der Waals surface area contributed by atoms with Crippen LogP contribution in [0.1, 0.15) is 21.5 Å². The SMILES string of the molecule is COc1cc(C=C2C(=O)NC(=O)N(c3ccccc3OC)C2=O)ccc1OC(=O)c1ccc(C)cc1. The fourth-order valence-electron chi connectivity index (χ4n) is 3.56. The van der Waals surface area contributed by atoms with Crippen molar-refractivity contribution in [2.45, 2.75) is 6.92 Å². The molecular formula is C27H22N2O7. The number of nitrogens with one attached hydrogen (secondary N) is 1. The Morgan fingerprint density at radius 1 is 0.861 bits per heavy atom. The maximum Gasteiger partial charge on any atom is 0.343 e. The zero-order valence-electron chi connectivity index (χ0n) is 19.7. The number of aryl methyl sites for hydroxylation is 1. The average Bonchev–Trinajstić information content (AvgIpc) is 2.87. The fourth-order valence-corrected chi connectivity index (χ4v) is 3.56. The van der Waals surface area contributed by atoms with Crippen LogP contribution in [0.3, 0.4) is 0 Å². The molecule has 1 aliphatic heterocycles. The number of hydrogen-bond acceptors (Lipinski definition) is 7. The van der Waals surface area contributed by atoms with Gasteiger partial charge in [0, 0.05) is 0 Å². The number of urea groups is 1. The largest absolute Gasteiger partial charge is 0.495 e. The van der Waals surface area contributed by atoms with Crippen LogP contribution in [0.5, 0.6) is 17.2 Å². The zero-order valence-corrected chi connectivity index (χ0v) is 19.7. The Kier molecular flexibility index (Phi) is 6.82. The second-order valence-electron chi connectivity index (χ2n) is 7.80. The lowest BCUT2D eigenvalue weighted by Gasteiger charge is -2.27. The third kappa shape index (κ3) is 4.80. The van der Waals surface area contributed by atoms with Crippen LogP contribution >= 0.6 is 0 Å². The Bertz CT molecular complexity index is 1390. The lowest BCUT2D eigenvalue weighted by Crippen LogP contribution is -2.54. The van der Waals surface area contributed by atoms with Gasteiger partial charge in [0.2, 0.25) is 0 Å². The van der Waals surface area contributed by atoms with E-state index in [1.807, 2.05) is 6.92 Å². The first kappa shape index (κ1) is 24.2. The summed E-state index contributed by atoms with van der Waals surface area (Å²) >= 11 is 0. The highest BCUT2D eigenvalue weighted by Gasteiger charge is 2.38. The van der Waals surface area contributed by atoms with Crippen LogP contribution < -0.4 is 24.4 Å². The Labute approximate surface area is 206 Å². The van der Waals surface area contributed by atoms with E-state index in [2.05, 4.69) is 5.32 Å². The molecule has 0 atom stereocenters. The molecule has 0 saturated carbocycles. The molecule has 0 aliphatic carbocycles. The predicted octanol–water partition coefficient (Wildman–Crippen LogP) is 3.90. The van der Waals surface area contributed by atoms with E-state index in [0.717, 1.165) is 10.5 Å². The number of carbonyl (C=O) groups excluding carboxylic acids is 4. The van der Waals surface area contributed by atoms with Crippen molar-refractivity contribution in [2.75, 3.05) is 19.1 Å². The second-order valence-corrected chi connectivity index (χ2v) is 7.80. The number of carbonyl (C=O) groups is 4. The number of methoxy groups -OCH3 is 2. The van der Waals surface area contributed by atoms with Crippen molar-refractivity contribution < 1.29 is 33.4 Å². The van der Waals surface area contributed by atoms with E-state index < -0.39 is 23.8 Å². The van der Waals surface area contributed by atoms with Crippen LogP contribution in [0.15, 0.2) is 72.3 Å². The summed E-state index contributed by atoms with van der Waals surface area (Å²) in [5.74, 6) is -1.56. The maximum atomic E-state index is 13.2. The van der Waals surface area contributed by atoms with Gasteiger partial charge in [-0.05, 0) is 55.0 Å². The minimum Gasteiger partial charge on any atom is -0.495 e. The Morgan fingerprint density at radius 3 is 2.25 bits per heavy atom. The molecule has 0 unspecified atom stereocenters. The van der Waals surface area contributed by atoms with Crippen molar-refractivity contribution in [3.63, 3.8) is 0 Å². The van der Waals surface area contributed by atoms with E-state index in [1.165, 1.54) is 38.5 Å². The number of rotatable bonds is 6. The van der Waals surface area contributed by atoms with Gasteiger partial charge in [-0.3, -0.25) is 14.9 Å². The molecule has 0 radical (unpaired) electrons. The third-order valence-electron chi connectivity index (χ3n) is 5.42. The normalized spacial score (nSPS) is 14.5. The molecule has 1 N–H and O–H groups in total. The molecule has 4 rings (SSSR count). The van der Waals surface area contributed by atoms with E-state index in [9.17, 15) is 19.2 Å². The van der Waals surface area contributed by atoms with Gasteiger partial charge in [0.15, 0.2) is 11.5 Å². The van der Waals surface area contributed by atoms with Gasteiger partial charge in [-0.25, -0.2) is 14.5 Å². The van der Waals surface area contributed by atoms with Gasteiger partial charge in [-0.1, -0.05) is 35.9 Å². The van der Waals surface area contributed by atoms with E-state index >= 15 is 0 Å². The molecule has 3 aromatic rings.